The first-order valence-corrected chi connectivity index (χ1v) is 10.0. The molecule has 32 heavy (non-hydrogen) atoms. The van der Waals surface area contributed by atoms with E-state index in [0.29, 0.717) is 17.8 Å². The molecular weight excluding hydrogens is 404 g/mol. The van der Waals surface area contributed by atoms with Crippen LogP contribution in [0, 0.1) is 6.92 Å². The number of rotatable bonds is 8. The lowest BCUT2D eigenvalue weighted by Gasteiger charge is -2.12. The molecule has 0 aliphatic heterocycles. The zero-order chi connectivity index (χ0) is 22.3. The first-order valence-electron chi connectivity index (χ1n) is 10.0. The van der Waals surface area contributed by atoms with E-state index in [0.717, 1.165) is 28.6 Å². The molecule has 8 nitrogen and oxygen atoms in total. The van der Waals surface area contributed by atoms with Gasteiger partial charge in [0.05, 0.1) is 14.2 Å². The van der Waals surface area contributed by atoms with Gasteiger partial charge in [0.2, 0.25) is 17.8 Å². The quantitative estimate of drug-likeness (QED) is 0.342. The van der Waals surface area contributed by atoms with E-state index < -0.39 is 0 Å². The molecule has 4 rings (SSSR count). The van der Waals surface area contributed by atoms with Gasteiger partial charge in [-0.1, -0.05) is 29.8 Å². The van der Waals surface area contributed by atoms with Crippen LogP contribution in [-0.4, -0.2) is 29.2 Å². The SMILES string of the molecule is COc1cccc(Nc2nc(Nc3ccc(C)cc3)nc(Nc3cccc(OC)c3)n2)c1. The summed E-state index contributed by atoms with van der Waals surface area (Å²) in [5, 5.41) is 9.67. The maximum absolute atomic E-state index is 5.30. The molecular formula is C24H24N6O2. The van der Waals surface area contributed by atoms with E-state index in [2.05, 4.69) is 30.9 Å². The first kappa shape index (κ1) is 20.9. The van der Waals surface area contributed by atoms with Crippen LogP contribution in [0.5, 0.6) is 11.5 Å². The fourth-order valence-electron chi connectivity index (χ4n) is 2.97. The smallest absolute Gasteiger partial charge is 0.233 e. The van der Waals surface area contributed by atoms with Gasteiger partial charge in [-0.25, -0.2) is 0 Å². The fraction of sp³-hybridized carbons (Fsp3) is 0.125. The van der Waals surface area contributed by atoms with E-state index in [1.807, 2.05) is 79.7 Å². The summed E-state index contributed by atoms with van der Waals surface area (Å²) in [4.78, 5) is 13.6. The molecule has 0 saturated carbocycles. The van der Waals surface area contributed by atoms with Crippen LogP contribution in [-0.2, 0) is 0 Å². The normalized spacial score (nSPS) is 10.3. The van der Waals surface area contributed by atoms with Crippen LogP contribution in [0.25, 0.3) is 0 Å². The minimum Gasteiger partial charge on any atom is -0.497 e. The molecule has 8 heteroatoms. The summed E-state index contributed by atoms with van der Waals surface area (Å²) >= 11 is 0. The summed E-state index contributed by atoms with van der Waals surface area (Å²) in [6.45, 7) is 2.04. The average Bonchev–Trinajstić information content (AvgIpc) is 2.81. The number of anilines is 6. The number of hydrogen-bond donors (Lipinski definition) is 3. The molecule has 1 heterocycles. The van der Waals surface area contributed by atoms with Crippen molar-refractivity contribution in [2.75, 3.05) is 30.2 Å². The Morgan fingerprint density at radius 1 is 0.562 bits per heavy atom. The van der Waals surface area contributed by atoms with Gasteiger partial charge in [0, 0.05) is 29.2 Å². The molecule has 0 spiro atoms. The van der Waals surface area contributed by atoms with Gasteiger partial charge in [-0.05, 0) is 43.3 Å². The molecule has 0 radical (unpaired) electrons. The van der Waals surface area contributed by atoms with Crippen molar-refractivity contribution in [2.45, 2.75) is 6.92 Å². The average molecular weight is 428 g/mol. The van der Waals surface area contributed by atoms with Crippen LogP contribution in [0.1, 0.15) is 5.56 Å². The monoisotopic (exact) mass is 428 g/mol. The Kier molecular flexibility index (Phi) is 6.31. The zero-order valence-electron chi connectivity index (χ0n) is 18.1. The topological polar surface area (TPSA) is 93.2 Å². The molecule has 0 aliphatic carbocycles. The first-order chi connectivity index (χ1) is 15.6. The van der Waals surface area contributed by atoms with Crippen molar-refractivity contribution < 1.29 is 9.47 Å². The predicted molar refractivity (Wildman–Crippen MR) is 127 cm³/mol. The van der Waals surface area contributed by atoms with Gasteiger partial charge in [0.1, 0.15) is 11.5 Å². The Morgan fingerprint density at radius 2 is 1.00 bits per heavy atom. The maximum Gasteiger partial charge on any atom is 0.233 e. The highest BCUT2D eigenvalue weighted by atomic mass is 16.5. The third kappa shape index (κ3) is 5.42. The van der Waals surface area contributed by atoms with Crippen molar-refractivity contribution in [2.24, 2.45) is 0 Å². The molecule has 0 amide bonds. The maximum atomic E-state index is 5.30. The summed E-state index contributed by atoms with van der Waals surface area (Å²) in [6, 6.07) is 23.1. The van der Waals surface area contributed by atoms with E-state index in [-0.39, 0.29) is 0 Å². The van der Waals surface area contributed by atoms with Gasteiger partial charge >= 0.3 is 0 Å². The number of benzene rings is 3. The second kappa shape index (κ2) is 9.65. The Labute approximate surface area is 186 Å². The van der Waals surface area contributed by atoms with E-state index in [1.165, 1.54) is 5.56 Å². The number of nitrogens with zero attached hydrogens (tertiary/aromatic N) is 3. The summed E-state index contributed by atoms with van der Waals surface area (Å²) in [7, 11) is 3.25. The second-order valence-electron chi connectivity index (χ2n) is 7.01. The molecule has 0 unspecified atom stereocenters. The summed E-state index contributed by atoms with van der Waals surface area (Å²) in [6.07, 6.45) is 0. The van der Waals surface area contributed by atoms with Crippen LogP contribution in [0.3, 0.4) is 0 Å². The Bertz CT molecular complexity index is 1130. The number of methoxy groups -OCH3 is 2. The fourth-order valence-corrected chi connectivity index (χ4v) is 2.97. The van der Waals surface area contributed by atoms with Crippen molar-refractivity contribution in [3.63, 3.8) is 0 Å². The second-order valence-corrected chi connectivity index (χ2v) is 7.01. The van der Waals surface area contributed by atoms with Crippen LogP contribution >= 0.6 is 0 Å². The predicted octanol–water partition coefficient (Wildman–Crippen LogP) is 5.43. The lowest BCUT2D eigenvalue weighted by Crippen LogP contribution is -2.07. The number of nitrogens with one attached hydrogen (secondary N) is 3. The summed E-state index contributed by atoms with van der Waals surface area (Å²) in [5.74, 6) is 2.63. The zero-order valence-corrected chi connectivity index (χ0v) is 18.1. The highest BCUT2D eigenvalue weighted by Crippen LogP contribution is 2.24. The summed E-state index contributed by atoms with van der Waals surface area (Å²) < 4.78 is 10.6. The largest absolute Gasteiger partial charge is 0.497 e. The number of aromatic nitrogens is 3. The van der Waals surface area contributed by atoms with Gasteiger partial charge in [0.15, 0.2) is 0 Å². The molecule has 3 aromatic carbocycles. The van der Waals surface area contributed by atoms with Crippen molar-refractivity contribution in [1.29, 1.82) is 0 Å². The minimum atomic E-state index is 0.383. The highest BCUT2D eigenvalue weighted by molar-refractivity contribution is 5.63. The number of aryl methyl sites for hydroxylation is 1. The molecule has 3 N–H and O–H groups in total. The van der Waals surface area contributed by atoms with E-state index in [9.17, 15) is 0 Å². The van der Waals surface area contributed by atoms with Gasteiger partial charge in [-0.2, -0.15) is 15.0 Å². The van der Waals surface area contributed by atoms with Crippen LogP contribution < -0.4 is 25.4 Å². The van der Waals surface area contributed by atoms with Crippen LogP contribution in [0.4, 0.5) is 34.9 Å². The van der Waals surface area contributed by atoms with Gasteiger partial charge in [-0.15, -0.1) is 0 Å². The van der Waals surface area contributed by atoms with Gasteiger partial charge < -0.3 is 25.4 Å². The summed E-state index contributed by atoms with van der Waals surface area (Å²) in [5.41, 5.74) is 3.64. The molecule has 0 fully saturated rings. The molecule has 0 atom stereocenters. The molecule has 162 valence electrons. The highest BCUT2D eigenvalue weighted by Gasteiger charge is 2.09. The van der Waals surface area contributed by atoms with Gasteiger partial charge in [-0.3, -0.25) is 0 Å². The standard InChI is InChI=1S/C24H24N6O2/c1-16-10-12-17(13-11-16)25-22-28-23(26-18-6-4-8-20(14-18)31-2)30-24(29-22)27-19-7-5-9-21(15-19)32-3/h4-15H,1-3H3,(H3,25,26,27,28,29,30). The van der Waals surface area contributed by atoms with E-state index >= 15 is 0 Å². The third-order valence-electron chi connectivity index (χ3n) is 4.59. The molecule has 0 bridgehead atoms. The Balaban J connectivity index is 1.65. The Hall–Kier alpha value is -4.33. The number of hydrogen-bond acceptors (Lipinski definition) is 8. The van der Waals surface area contributed by atoms with Crippen molar-refractivity contribution in [1.82, 2.24) is 15.0 Å². The van der Waals surface area contributed by atoms with E-state index in [4.69, 9.17) is 9.47 Å². The molecule has 0 saturated heterocycles. The third-order valence-corrected chi connectivity index (χ3v) is 4.59. The Morgan fingerprint density at radius 3 is 1.44 bits per heavy atom. The molecule has 1 aromatic heterocycles. The minimum absolute atomic E-state index is 0.383. The van der Waals surface area contributed by atoms with Gasteiger partial charge in [0.25, 0.3) is 0 Å². The van der Waals surface area contributed by atoms with Crippen LogP contribution in [0.2, 0.25) is 0 Å². The van der Waals surface area contributed by atoms with Crippen molar-refractivity contribution in [3.8, 4) is 11.5 Å². The lowest BCUT2D eigenvalue weighted by atomic mass is 10.2. The van der Waals surface area contributed by atoms with Crippen LogP contribution in [0.15, 0.2) is 72.8 Å². The van der Waals surface area contributed by atoms with Crippen molar-refractivity contribution >= 4 is 34.9 Å². The lowest BCUT2D eigenvalue weighted by molar-refractivity contribution is 0.415. The number of ether oxygens (including phenoxy) is 2. The molecule has 4 aromatic rings. The van der Waals surface area contributed by atoms with E-state index in [1.54, 1.807) is 14.2 Å². The van der Waals surface area contributed by atoms with Crippen molar-refractivity contribution in [3.05, 3.63) is 78.4 Å². The molecule has 0 aliphatic rings.